The van der Waals surface area contributed by atoms with E-state index in [0.717, 1.165) is 11.6 Å². The van der Waals surface area contributed by atoms with E-state index in [0.29, 0.717) is 37.6 Å². The second kappa shape index (κ2) is 7.45. The summed E-state index contributed by atoms with van der Waals surface area (Å²) in [5, 5.41) is 8.62. The number of rotatable bonds is 4. The van der Waals surface area contributed by atoms with Crippen LogP contribution in [0.15, 0.2) is 55.0 Å². The molecule has 1 aliphatic rings. The summed E-state index contributed by atoms with van der Waals surface area (Å²) >= 11 is 0. The van der Waals surface area contributed by atoms with Crippen LogP contribution in [0.5, 0.6) is 5.88 Å². The number of anilines is 1. The molecule has 1 saturated heterocycles. The number of amides is 1. The summed E-state index contributed by atoms with van der Waals surface area (Å²) in [6, 6.07) is 11.2. The van der Waals surface area contributed by atoms with Crippen molar-refractivity contribution in [1.82, 2.24) is 24.6 Å². The number of carbonyl (C=O) groups is 1. The lowest BCUT2D eigenvalue weighted by atomic mass is 10.2. The average molecular weight is 364 g/mol. The number of aromatic nitrogens is 4. The van der Waals surface area contributed by atoms with E-state index in [1.807, 2.05) is 46.1 Å². The minimum atomic E-state index is -0.00982. The summed E-state index contributed by atoms with van der Waals surface area (Å²) in [7, 11) is 1.54. The van der Waals surface area contributed by atoms with Gasteiger partial charge in [0.25, 0.3) is 5.91 Å². The molecule has 8 heteroatoms. The Bertz CT molecular complexity index is 902. The smallest absolute Gasteiger partial charge is 0.254 e. The predicted octanol–water partition coefficient (Wildman–Crippen LogP) is 1.63. The molecule has 8 nitrogen and oxygen atoms in total. The standard InChI is InChI=1S/C19H20N6O2/c1-27-18-14-15(6-7-20-18)19(26)25-12-10-24(11-13-25)17-5-4-16(21-22-17)23-8-2-3-9-23/h2-9,14H,10-13H2,1H3. The van der Waals surface area contributed by atoms with Gasteiger partial charge in [0.15, 0.2) is 11.6 Å². The highest BCUT2D eigenvalue weighted by Gasteiger charge is 2.23. The lowest BCUT2D eigenvalue weighted by Gasteiger charge is -2.35. The number of hydrogen-bond acceptors (Lipinski definition) is 6. The van der Waals surface area contributed by atoms with Crippen LogP contribution in [0.2, 0.25) is 0 Å². The van der Waals surface area contributed by atoms with Crippen LogP contribution in [0.3, 0.4) is 0 Å². The molecular weight excluding hydrogens is 344 g/mol. The SMILES string of the molecule is COc1cc(C(=O)N2CCN(c3ccc(-n4cccc4)nn3)CC2)ccn1. The van der Waals surface area contributed by atoms with E-state index < -0.39 is 0 Å². The molecule has 3 aromatic heterocycles. The summed E-state index contributed by atoms with van der Waals surface area (Å²) in [4.78, 5) is 20.7. The van der Waals surface area contributed by atoms with Gasteiger partial charge in [-0.2, -0.15) is 0 Å². The van der Waals surface area contributed by atoms with E-state index in [9.17, 15) is 4.79 Å². The van der Waals surface area contributed by atoms with Gasteiger partial charge >= 0.3 is 0 Å². The highest BCUT2D eigenvalue weighted by atomic mass is 16.5. The molecule has 0 bridgehead atoms. The highest BCUT2D eigenvalue weighted by molar-refractivity contribution is 5.94. The van der Waals surface area contributed by atoms with Gasteiger partial charge < -0.3 is 19.1 Å². The number of pyridine rings is 1. The van der Waals surface area contributed by atoms with Crippen molar-refractivity contribution in [3.63, 3.8) is 0 Å². The Hall–Kier alpha value is -3.42. The summed E-state index contributed by atoms with van der Waals surface area (Å²) in [5.74, 6) is 2.04. The van der Waals surface area contributed by atoms with Crippen LogP contribution in [0.1, 0.15) is 10.4 Å². The minimum absolute atomic E-state index is 0.00982. The first-order valence-electron chi connectivity index (χ1n) is 8.76. The van der Waals surface area contributed by atoms with Crippen LogP contribution < -0.4 is 9.64 Å². The van der Waals surface area contributed by atoms with Crippen molar-refractivity contribution in [2.45, 2.75) is 0 Å². The van der Waals surface area contributed by atoms with Crippen molar-refractivity contribution in [3.8, 4) is 11.7 Å². The molecule has 0 N–H and O–H groups in total. The third kappa shape index (κ3) is 3.59. The third-order valence-electron chi connectivity index (χ3n) is 4.59. The topological polar surface area (TPSA) is 76.4 Å². The summed E-state index contributed by atoms with van der Waals surface area (Å²) in [5.41, 5.74) is 0.589. The second-order valence-electron chi connectivity index (χ2n) is 6.21. The fourth-order valence-corrected chi connectivity index (χ4v) is 3.09. The molecular formula is C19H20N6O2. The van der Waals surface area contributed by atoms with Crippen molar-refractivity contribution < 1.29 is 9.53 Å². The van der Waals surface area contributed by atoms with Gasteiger partial charge in [0.1, 0.15) is 0 Å². The molecule has 0 spiro atoms. The van der Waals surface area contributed by atoms with E-state index >= 15 is 0 Å². The first kappa shape index (κ1) is 17.0. The molecule has 1 amide bonds. The van der Waals surface area contributed by atoms with Gasteiger partial charge in [0.2, 0.25) is 5.88 Å². The van der Waals surface area contributed by atoms with E-state index in [1.54, 1.807) is 18.3 Å². The van der Waals surface area contributed by atoms with Crippen molar-refractivity contribution >= 4 is 11.7 Å². The first-order valence-corrected chi connectivity index (χ1v) is 8.76. The summed E-state index contributed by atoms with van der Waals surface area (Å²) < 4.78 is 7.01. The van der Waals surface area contributed by atoms with Crippen molar-refractivity contribution in [2.75, 3.05) is 38.2 Å². The molecule has 0 radical (unpaired) electrons. The van der Waals surface area contributed by atoms with Gasteiger partial charge in [-0.1, -0.05) is 0 Å². The fourth-order valence-electron chi connectivity index (χ4n) is 3.09. The largest absolute Gasteiger partial charge is 0.481 e. The molecule has 1 fully saturated rings. The molecule has 0 atom stereocenters. The Morgan fingerprint density at radius 2 is 1.70 bits per heavy atom. The van der Waals surface area contributed by atoms with Crippen molar-refractivity contribution in [1.29, 1.82) is 0 Å². The highest BCUT2D eigenvalue weighted by Crippen LogP contribution is 2.17. The monoisotopic (exact) mass is 364 g/mol. The number of ether oxygens (including phenoxy) is 1. The van der Waals surface area contributed by atoms with E-state index in [1.165, 1.54) is 7.11 Å². The van der Waals surface area contributed by atoms with Gasteiger partial charge in [0, 0.05) is 56.4 Å². The number of hydrogen-bond donors (Lipinski definition) is 0. The third-order valence-corrected chi connectivity index (χ3v) is 4.59. The number of piperazine rings is 1. The summed E-state index contributed by atoms with van der Waals surface area (Å²) in [6.45, 7) is 2.69. The molecule has 0 unspecified atom stereocenters. The minimum Gasteiger partial charge on any atom is -0.481 e. The lowest BCUT2D eigenvalue weighted by Crippen LogP contribution is -2.49. The zero-order valence-corrected chi connectivity index (χ0v) is 15.0. The van der Waals surface area contributed by atoms with Crippen molar-refractivity contribution in [3.05, 3.63) is 60.6 Å². The average Bonchev–Trinajstić information content (AvgIpc) is 3.28. The Kier molecular flexibility index (Phi) is 4.69. The fraction of sp³-hybridized carbons (Fsp3) is 0.263. The first-order chi connectivity index (χ1) is 13.2. The maximum absolute atomic E-state index is 12.7. The molecule has 3 aromatic rings. The maximum atomic E-state index is 12.7. The zero-order valence-electron chi connectivity index (χ0n) is 15.0. The summed E-state index contributed by atoms with van der Waals surface area (Å²) in [6.07, 6.45) is 5.45. The molecule has 27 heavy (non-hydrogen) atoms. The zero-order chi connectivity index (χ0) is 18.6. The van der Waals surface area contributed by atoms with E-state index in [-0.39, 0.29) is 5.91 Å². The Balaban J connectivity index is 1.39. The molecule has 0 aliphatic carbocycles. The van der Waals surface area contributed by atoms with Gasteiger partial charge in [-0.05, 0) is 30.3 Å². The van der Waals surface area contributed by atoms with Crippen molar-refractivity contribution in [2.24, 2.45) is 0 Å². The normalized spacial score (nSPS) is 14.3. The van der Waals surface area contributed by atoms with Crippen LogP contribution in [0, 0.1) is 0 Å². The van der Waals surface area contributed by atoms with Gasteiger partial charge in [-0.15, -0.1) is 10.2 Å². The van der Waals surface area contributed by atoms with E-state index in [4.69, 9.17) is 4.74 Å². The molecule has 1 aliphatic heterocycles. The second-order valence-corrected chi connectivity index (χ2v) is 6.21. The van der Waals surface area contributed by atoms with Gasteiger partial charge in [-0.25, -0.2) is 4.98 Å². The molecule has 4 heterocycles. The van der Waals surface area contributed by atoms with E-state index in [2.05, 4.69) is 20.1 Å². The quantitative estimate of drug-likeness (QED) is 0.700. The molecule has 4 rings (SSSR count). The number of nitrogens with zero attached hydrogens (tertiary/aromatic N) is 6. The van der Waals surface area contributed by atoms with Gasteiger partial charge in [-0.3, -0.25) is 4.79 Å². The Morgan fingerprint density at radius 1 is 1.00 bits per heavy atom. The maximum Gasteiger partial charge on any atom is 0.254 e. The van der Waals surface area contributed by atoms with Crippen LogP contribution >= 0.6 is 0 Å². The lowest BCUT2D eigenvalue weighted by molar-refractivity contribution is 0.0746. The number of carbonyl (C=O) groups excluding carboxylic acids is 1. The number of methoxy groups -OCH3 is 1. The predicted molar refractivity (Wildman–Crippen MR) is 100 cm³/mol. The molecule has 138 valence electrons. The van der Waals surface area contributed by atoms with Crippen LogP contribution in [-0.2, 0) is 0 Å². The van der Waals surface area contributed by atoms with Crippen LogP contribution in [-0.4, -0.2) is 63.8 Å². The molecule has 0 saturated carbocycles. The van der Waals surface area contributed by atoms with Crippen LogP contribution in [0.25, 0.3) is 5.82 Å². The molecule has 0 aromatic carbocycles. The van der Waals surface area contributed by atoms with Crippen LogP contribution in [0.4, 0.5) is 5.82 Å². The Labute approximate surface area is 157 Å². The van der Waals surface area contributed by atoms with Gasteiger partial charge in [0.05, 0.1) is 7.11 Å². The Morgan fingerprint density at radius 3 is 2.37 bits per heavy atom.